The summed E-state index contributed by atoms with van der Waals surface area (Å²) in [6.45, 7) is 0. The summed E-state index contributed by atoms with van der Waals surface area (Å²) < 4.78 is 0. The molecule has 0 atom stereocenters. The van der Waals surface area contributed by atoms with Gasteiger partial charge in [-0.1, -0.05) is 80.6 Å². The van der Waals surface area contributed by atoms with Crippen molar-refractivity contribution in [2.75, 3.05) is 14.1 Å². The van der Waals surface area contributed by atoms with E-state index in [0.717, 1.165) is 5.92 Å². The second-order valence-corrected chi connectivity index (χ2v) is 10.3. The third-order valence-corrected chi connectivity index (χ3v) is 8.45. The molecule has 0 bridgehead atoms. The zero-order valence-electron chi connectivity index (χ0n) is 19.4. The van der Waals surface area contributed by atoms with Crippen molar-refractivity contribution in [2.24, 2.45) is 5.92 Å². The molecule has 0 unspecified atom stereocenters. The SMILES string of the molecule is CN(C)C1(c2ccccc2)CCC(c2[nH]c3ccccc3c2CC2CCCCC2)CC1. The molecule has 3 aromatic rings. The van der Waals surface area contributed by atoms with Gasteiger partial charge in [-0.3, -0.25) is 4.90 Å². The molecule has 0 saturated heterocycles. The van der Waals surface area contributed by atoms with E-state index in [9.17, 15) is 0 Å². The molecule has 1 N–H and O–H groups in total. The minimum atomic E-state index is 0.174. The van der Waals surface area contributed by atoms with Crippen LogP contribution >= 0.6 is 0 Å². The lowest BCUT2D eigenvalue weighted by Gasteiger charge is -2.45. The summed E-state index contributed by atoms with van der Waals surface area (Å²) in [5.41, 5.74) is 6.21. The lowest BCUT2D eigenvalue weighted by molar-refractivity contribution is 0.0903. The molecule has 31 heavy (non-hydrogen) atoms. The monoisotopic (exact) mass is 414 g/mol. The number of benzene rings is 2. The lowest BCUT2D eigenvalue weighted by atomic mass is 9.70. The Morgan fingerprint density at radius 3 is 2.23 bits per heavy atom. The number of hydrogen-bond donors (Lipinski definition) is 1. The first kappa shape index (κ1) is 20.8. The topological polar surface area (TPSA) is 19.0 Å². The molecule has 1 aromatic heterocycles. The summed E-state index contributed by atoms with van der Waals surface area (Å²) in [5.74, 6) is 1.53. The number of aromatic nitrogens is 1. The normalized spacial score (nSPS) is 25.3. The third-order valence-electron chi connectivity index (χ3n) is 8.45. The Kier molecular flexibility index (Phi) is 5.93. The molecule has 1 heterocycles. The maximum atomic E-state index is 3.91. The molecule has 2 fully saturated rings. The fourth-order valence-corrected chi connectivity index (χ4v) is 6.60. The Morgan fingerprint density at radius 1 is 0.839 bits per heavy atom. The van der Waals surface area contributed by atoms with Crippen molar-refractivity contribution < 1.29 is 0 Å². The summed E-state index contributed by atoms with van der Waals surface area (Å²) in [7, 11) is 4.54. The van der Waals surface area contributed by atoms with Crippen molar-refractivity contribution in [1.29, 1.82) is 0 Å². The van der Waals surface area contributed by atoms with E-state index in [2.05, 4.69) is 78.6 Å². The van der Waals surface area contributed by atoms with Gasteiger partial charge in [0.2, 0.25) is 0 Å². The predicted molar refractivity (Wildman–Crippen MR) is 132 cm³/mol. The quantitative estimate of drug-likeness (QED) is 0.460. The molecule has 2 aliphatic carbocycles. The van der Waals surface area contributed by atoms with Gasteiger partial charge in [-0.25, -0.2) is 0 Å². The second-order valence-electron chi connectivity index (χ2n) is 10.3. The molecule has 2 aliphatic rings. The first-order chi connectivity index (χ1) is 15.2. The van der Waals surface area contributed by atoms with Gasteiger partial charge in [0.05, 0.1) is 0 Å². The Bertz CT molecular complexity index is 986. The smallest absolute Gasteiger partial charge is 0.0459 e. The largest absolute Gasteiger partial charge is 0.358 e. The van der Waals surface area contributed by atoms with Crippen molar-refractivity contribution >= 4 is 10.9 Å². The summed E-state index contributed by atoms with van der Waals surface area (Å²) in [6, 6.07) is 20.2. The van der Waals surface area contributed by atoms with Crippen molar-refractivity contribution in [3.05, 3.63) is 71.4 Å². The average Bonchev–Trinajstić information content (AvgIpc) is 3.18. The highest BCUT2D eigenvalue weighted by molar-refractivity contribution is 5.85. The molecule has 0 radical (unpaired) electrons. The van der Waals surface area contributed by atoms with E-state index in [-0.39, 0.29) is 5.54 Å². The van der Waals surface area contributed by atoms with Gasteiger partial charge in [0.25, 0.3) is 0 Å². The summed E-state index contributed by atoms with van der Waals surface area (Å²) in [4.78, 5) is 6.39. The van der Waals surface area contributed by atoms with Crippen molar-refractivity contribution in [2.45, 2.75) is 75.7 Å². The maximum Gasteiger partial charge on any atom is 0.0459 e. The number of hydrogen-bond acceptors (Lipinski definition) is 1. The summed E-state index contributed by atoms with van der Waals surface area (Å²) in [6.07, 6.45) is 13.4. The Morgan fingerprint density at radius 2 is 1.52 bits per heavy atom. The Balaban J connectivity index is 1.43. The van der Waals surface area contributed by atoms with Gasteiger partial charge in [0, 0.05) is 22.1 Å². The predicted octanol–water partition coefficient (Wildman–Crippen LogP) is 7.41. The molecule has 2 heteroatoms. The zero-order valence-corrected chi connectivity index (χ0v) is 19.4. The Labute approximate surface area is 188 Å². The molecule has 0 amide bonds. The highest BCUT2D eigenvalue weighted by atomic mass is 15.1. The van der Waals surface area contributed by atoms with Gasteiger partial charge in [0.1, 0.15) is 0 Å². The van der Waals surface area contributed by atoms with E-state index >= 15 is 0 Å². The Hall–Kier alpha value is -2.06. The first-order valence-corrected chi connectivity index (χ1v) is 12.5. The van der Waals surface area contributed by atoms with Gasteiger partial charge < -0.3 is 4.98 Å². The fourth-order valence-electron chi connectivity index (χ4n) is 6.60. The number of para-hydroxylation sites is 1. The van der Waals surface area contributed by atoms with Crippen LogP contribution in [0, 0.1) is 5.92 Å². The highest BCUT2D eigenvalue weighted by Gasteiger charge is 2.40. The van der Waals surface area contributed by atoms with Crippen molar-refractivity contribution in [3.8, 4) is 0 Å². The minimum Gasteiger partial charge on any atom is -0.358 e. The van der Waals surface area contributed by atoms with Crippen LogP contribution in [-0.4, -0.2) is 24.0 Å². The number of rotatable bonds is 5. The molecular formula is C29H38N2. The number of aromatic amines is 1. The fraction of sp³-hybridized carbons (Fsp3) is 0.517. The van der Waals surface area contributed by atoms with Crippen LogP contribution in [0.2, 0.25) is 0 Å². The van der Waals surface area contributed by atoms with E-state index in [0.29, 0.717) is 5.92 Å². The zero-order chi connectivity index (χ0) is 21.3. The van der Waals surface area contributed by atoms with Crippen LogP contribution < -0.4 is 0 Å². The minimum absolute atomic E-state index is 0.174. The van der Waals surface area contributed by atoms with Crippen LogP contribution in [0.4, 0.5) is 0 Å². The molecule has 5 rings (SSSR count). The van der Waals surface area contributed by atoms with Crippen molar-refractivity contribution in [1.82, 2.24) is 9.88 Å². The van der Waals surface area contributed by atoms with E-state index in [4.69, 9.17) is 0 Å². The average molecular weight is 415 g/mol. The number of H-pyrrole nitrogens is 1. The van der Waals surface area contributed by atoms with E-state index in [1.165, 1.54) is 80.7 Å². The van der Waals surface area contributed by atoms with Gasteiger partial charge in [-0.2, -0.15) is 0 Å². The van der Waals surface area contributed by atoms with E-state index < -0.39 is 0 Å². The van der Waals surface area contributed by atoms with Crippen LogP contribution in [0.25, 0.3) is 10.9 Å². The summed E-state index contributed by atoms with van der Waals surface area (Å²) >= 11 is 0. The highest BCUT2D eigenvalue weighted by Crippen LogP contribution is 2.47. The molecule has 0 aliphatic heterocycles. The van der Waals surface area contributed by atoms with Crippen LogP contribution in [-0.2, 0) is 12.0 Å². The maximum absolute atomic E-state index is 3.91. The molecular weight excluding hydrogens is 376 g/mol. The van der Waals surface area contributed by atoms with Gasteiger partial charge in [-0.15, -0.1) is 0 Å². The second kappa shape index (κ2) is 8.82. The van der Waals surface area contributed by atoms with Crippen LogP contribution in [0.15, 0.2) is 54.6 Å². The summed E-state index contributed by atoms with van der Waals surface area (Å²) in [5, 5.41) is 1.48. The number of nitrogens with one attached hydrogen (secondary N) is 1. The van der Waals surface area contributed by atoms with E-state index in [1.807, 2.05) is 0 Å². The molecule has 0 spiro atoms. The number of fused-ring (bicyclic) bond motifs is 1. The number of nitrogens with zero attached hydrogens (tertiary/aromatic N) is 1. The van der Waals surface area contributed by atoms with Crippen LogP contribution in [0.1, 0.15) is 80.5 Å². The van der Waals surface area contributed by atoms with Crippen molar-refractivity contribution in [3.63, 3.8) is 0 Å². The third kappa shape index (κ3) is 3.96. The molecule has 2 nitrogen and oxygen atoms in total. The first-order valence-electron chi connectivity index (χ1n) is 12.5. The molecule has 2 aromatic carbocycles. The van der Waals surface area contributed by atoms with Crippen LogP contribution in [0.5, 0.6) is 0 Å². The van der Waals surface area contributed by atoms with Gasteiger partial charge in [0.15, 0.2) is 0 Å². The van der Waals surface area contributed by atoms with Crippen LogP contribution in [0.3, 0.4) is 0 Å². The van der Waals surface area contributed by atoms with E-state index in [1.54, 1.807) is 11.3 Å². The lowest BCUT2D eigenvalue weighted by Crippen LogP contribution is -2.44. The standard InChI is InChI=1S/C29H38N2/c1-31(2)29(24-13-7-4-8-14-24)19-17-23(18-20-29)28-26(21-22-11-5-3-6-12-22)25-15-9-10-16-27(25)30-28/h4,7-10,13-16,22-23,30H,3,5-6,11-12,17-21H2,1-2H3. The molecule has 164 valence electrons. The van der Waals surface area contributed by atoms with Gasteiger partial charge >= 0.3 is 0 Å². The van der Waals surface area contributed by atoms with Gasteiger partial charge in [-0.05, 0) is 75.2 Å². The molecule has 2 saturated carbocycles.